The van der Waals surface area contributed by atoms with Gasteiger partial charge in [-0.2, -0.15) is 0 Å². The summed E-state index contributed by atoms with van der Waals surface area (Å²) in [5.41, 5.74) is 2.26. The van der Waals surface area contributed by atoms with Crippen molar-refractivity contribution < 1.29 is 17.6 Å². The molecule has 0 nitrogen and oxygen atoms in total. The Morgan fingerprint density at radius 2 is 1.44 bits per heavy atom. The molecule has 5 rings (SSSR count). The van der Waals surface area contributed by atoms with E-state index in [1.807, 2.05) is 13.0 Å². The monoisotopic (exact) mass is 566 g/mol. The van der Waals surface area contributed by atoms with Gasteiger partial charge in [0.15, 0.2) is 23.3 Å². The first-order valence-corrected chi connectivity index (χ1v) is 16.3. The van der Waals surface area contributed by atoms with Gasteiger partial charge in [-0.3, -0.25) is 0 Å². The summed E-state index contributed by atoms with van der Waals surface area (Å²) >= 11 is 0. The number of unbranched alkanes of at least 4 members (excludes halogenated alkanes) is 2. The molecule has 4 heteroatoms. The zero-order chi connectivity index (χ0) is 28.9. The standard InChI is InChI=1S/C37H46F4/c1-3-5-6-10-24-13-15-25(16-14-24)11-7-8-12-26-17-19-27(20-18-26)31-23-30-22-29-21-28(9-4-2)34(38)36(40)32(29)33(30)37(41)35(31)39/h8,12,19,21,23-26H,3-7,9-11,13-18,20,22H2,1-2H3/b12-8+. The van der Waals surface area contributed by atoms with Crippen LogP contribution in [0.3, 0.4) is 0 Å². The van der Waals surface area contributed by atoms with Gasteiger partial charge in [0.1, 0.15) is 0 Å². The minimum Gasteiger partial charge on any atom is -0.203 e. The van der Waals surface area contributed by atoms with Crippen molar-refractivity contribution in [1.29, 1.82) is 0 Å². The second kappa shape index (κ2) is 13.7. The second-order valence-electron chi connectivity index (χ2n) is 12.9. The molecule has 1 fully saturated rings. The molecule has 2 aromatic carbocycles. The molecule has 0 aliphatic heterocycles. The Hall–Kier alpha value is -2.36. The van der Waals surface area contributed by atoms with Crippen LogP contribution in [0.15, 0.2) is 30.4 Å². The SMILES string of the molecule is CCCCCC1CCC(CC/C=C/C2CC=C(c3cc4c(c(F)c3F)-c3c(cc(CCC)c(F)c3F)C4)CC2)CC1. The Morgan fingerprint density at radius 3 is 2.10 bits per heavy atom. The molecule has 0 spiro atoms. The number of benzene rings is 2. The number of allylic oxidation sites excluding steroid dienone is 4. The molecular weight excluding hydrogens is 520 g/mol. The van der Waals surface area contributed by atoms with Crippen molar-refractivity contribution in [2.24, 2.45) is 17.8 Å². The molecule has 41 heavy (non-hydrogen) atoms. The second-order valence-corrected chi connectivity index (χ2v) is 12.9. The van der Waals surface area contributed by atoms with Crippen LogP contribution < -0.4 is 0 Å². The normalized spacial score (nSPS) is 22.2. The van der Waals surface area contributed by atoms with Crippen LogP contribution in [0.5, 0.6) is 0 Å². The average molecular weight is 567 g/mol. The Balaban J connectivity index is 1.17. The van der Waals surface area contributed by atoms with Crippen molar-refractivity contribution in [2.45, 2.75) is 117 Å². The van der Waals surface area contributed by atoms with E-state index in [0.29, 0.717) is 48.3 Å². The van der Waals surface area contributed by atoms with Crippen LogP contribution in [0, 0.1) is 41.0 Å². The van der Waals surface area contributed by atoms with Crippen molar-refractivity contribution in [3.05, 3.63) is 75.9 Å². The van der Waals surface area contributed by atoms with E-state index >= 15 is 8.78 Å². The van der Waals surface area contributed by atoms with Crippen LogP contribution in [-0.4, -0.2) is 0 Å². The maximum atomic E-state index is 15.4. The maximum Gasteiger partial charge on any atom is 0.167 e. The van der Waals surface area contributed by atoms with Crippen molar-refractivity contribution in [2.75, 3.05) is 0 Å². The van der Waals surface area contributed by atoms with Gasteiger partial charge in [-0.1, -0.05) is 95.9 Å². The lowest BCUT2D eigenvalue weighted by atomic mass is 9.78. The Morgan fingerprint density at radius 1 is 0.756 bits per heavy atom. The molecule has 1 atom stereocenters. The Bertz CT molecular complexity index is 1280. The minimum atomic E-state index is -1.06. The molecule has 1 unspecified atom stereocenters. The van der Waals surface area contributed by atoms with Gasteiger partial charge in [0.2, 0.25) is 0 Å². The van der Waals surface area contributed by atoms with Crippen molar-refractivity contribution in [1.82, 2.24) is 0 Å². The predicted octanol–water partition coefficient (Wildman–Crippen LogP) is 11.7. The highest BCUT2D eigenvalue weighted by atomic mass is 19.2. The van der Waals surface area contributed by atoms with Gasteiger partial charge in [-0.25, -0.2) is 17.6 Å². The molecule has 0 N–H and O–H groups in total. The zero-order valence-electron chi connectivity index (χ0n) is 24.9. The number of rotatable bonds is 11. The molecule has 0 aromatic heterocycles. The third kappa shape index (κ3) is 6.67. The topological polar surface area (TPSA) is 0 Å². The summed E-state index contributed by atoms with van der Waals surface area (Å²) in [4.78, 5) is 0. The Kier molecular flexibility index (Phi) is 10.1. The highest BCUT2D eigenvalue weighted by molar-refractivity contribution is 5.81. The molecule has 222 valence electrons. The van der Waals surface area contributed by atoms with E-state index in [9.17, 15) is 8.78 Å². The first-order chi connectivity index (χ1) is 19.9. The van der Waals surface area contributed by atoms with Gasteiger partial charge >= 0.3 is 0 Å². The number of aryl methyl sites for hydroxylation is 1. The van der Waals surface area contributed by atoms with Crippen LogP contribution >= 0.6 is 0 Å². The summed E-state index contributed by atoms with van der Waals surface area (Å²) in [6.07, 6.45) is 24.0. The van der Waals surface area contributed by atoms with Crippen LogP contribution in [0.1, 0.15) is 126 Å². The van der Waals surface area contributed by atoms with Crippen molar-refractivity contribution in [3.63, 3.8) is 0 Å². The number of halogens is 4. The summed E-state index contributed by atoms with van der Waals surface area (Å²) in [6.45, 7) is 4.18. The molecule has 3 aliphatic carbocycles. The van der Waals surface area contributed by atoms with E-state index in [2.05, 4.69) is 19.1 Å². The molecule has 1 saturated carbocycles. The summed E-state index contributed by atoms with van der Waals surface area (Å²) in [6, 6.07) is 3.30. The summed E-state index contributed by atoms with van der Waals surface area (Å²) in [7, 11) is 0. The van der Waals surface area contributed by atoms with E-state index in [1.54, 1.807) is 12.1 Å². The van der Waals surface area contributed by atoms with Crippen LogP contribution in [-0.2, 0) is 12.8 Å². The van der Waals surface area contributed by atoms with Gasteiger partial charge < -0.3 is 0 Å². The van der Waals surface area contributed by atoms with E-state index in [1.165, 1.54) is 57.8 Å². The largest absolute Gasteiger partial charge is 0.203 e. The lowest BCUT2D eigenvalue weighted by Gasteiger charge is -2.28. The molecule has 0 heterocycles. The fourth-order valence-corrected chi connectivity index (χ4v) is 7.51. The van der Waals surface area contributed by atoms with E-state index in [4.69, 9.17) is 0 Å². The van der Waals surface area contributed by atoms with Crippen molar-refractivity contribution >= 4 is 5.57 Å². The molecule has 3 aliphatic rings. The third-order valence-corrected chi connectivity index (χ3v) is 9.93. The number of hydrogen-bond donors (Lipinski definition) is 0. The minimum absolute atomic E-state index is 0.108. The fraction of sp³-hybridized carbons (Fsp3) is 0.568. The van der Waals surface area contributed by atoms with Gasteiger partial charge in [0, 0.05) is 16.7 Å². The molecule has 0 amide bonds. The molecule has 0 bridgehead atoms. The quantitative estimate of drug-likeness (QED) is 0.123. The van der Waals surface area contributed by atoms with Crippen LogP contribution in [0.4, 0.5) is 17.6 Å². The third-order valence-electron chi connectivity index (χ3n) is 9.93. The van der Waals surface area contributed by atoms with Gasteiger partial charge in [0.25, 0.3) is 0 Å². The summed E-state index contributed by atoms with van der Waals surface area (Å²) < 4.78 is 60.4. The highest BCUT2D eigenvalue weighted by Gasteiger charge is 2.32. The zero-order valence-corrected chi connectivity index (χ0v) is 24.9. The average Bonchev–Trinajstić information content (AvgIpc) is 3.35. The van der Waals surface area contributed by atoms with E-state index < -0.39 is 23.3 Å². The lowest BCUT2D eigenvalue weighted by molar-refractivity contribution is 0.250. The van der Waals surface area contributed by atoms with Crippen molar-refractivity contribution in [3.8, 4) is 11.1 Å². The van der Waals surface area contributed by atoms with Gasteiger partial charge in [-0.05, 0) is 91.0 Å². The first-order valence-electron chi connectivity index (χ1n) is 16.3. The number of fused-ring (bicyclic) bond motifs is 3. The highest BCUT2D eigenvalue weighted by Crippen LogP contribution is 2.45. The molecule has 0 saturated heterocycles. The van der Waals surface area contributed by atoms with Crippen LogP contribution in [0.25, 0.3) is 16.7 Å². The molecule has 0 radical (unpaired) electrons. The lowest BCUT2D eigenvalue weighted by Crippen LogP contribution is -2.14. The smallest absolute Gasteiger partial charge is 0.167 e. The number of hydrogen-bond acceptors (Lipinski definition) is 0. The maximum absolute atomic E-state index is 15.4. The van der Waals surface area contributed by atoms with Gasteiger partial charge in [-0.15, -0.1) is 0 Å². The molecule has 2 aromatic rings. The summed E-state index contributed by atoms with van der Waals surface area (Å²) in [5.74, 6) is -1.76. The molecular formula is C37H46F4. The first kappa shape index (κ1) is 30.1. The van der Waals surface area contributed by atoms with E-state index in [0.717, 1.165) is 36.7 Å². The van der Waals surface area contributed by atoms with E-state index in [-0.39, 0.29) is 16.7 Å². The van der Waals surface area contributed by atoms with Crippen LogP contribution in [0.2, 0.25) is 0 Å². The van der Waals surface area contributed by atoms with Gasteiger partial charge in [0.05, 0.1) is 0 Å². The predicted molar refractivity (Wildman–Crippen MR) is 162 cm³/mol. The fourth-order valence-electron chi connectivity index (χ4n) is 7.51. The Labute approximate surface area is 244 Å². The summed E-state index contributed by atoms with van der Waals surface area (Å²) in [5, 5.41) is 0.